The minimum absolute atomic E-state index is 0.00974. The summed E-state index contributed by atoms with van der Waals surface area (Å²) in [5.41, 5.74) is 1.30. The molecule has 0 saturated carbocycles. The number of H-pyrrole nitrogens is 1. The Morgan fingerprint density at radius 3 is 2.08 bits per heavy atom. The van der Waals surface area contributed by atoms with E-state index in [9.17, 15) is 23.6 Å². The molecule has 326 valence electrons. The number of imidazole rings is 1. The number of ether oxygens (including phenoxy) is 2. The van der Waals surface area contributed by atoms with Crippen LogP contribution in [-0.4, -0.2) is 109 Å². The fourth-order valence-electron chi connectivity index (χ4n) is 8.27. The third-order valence-corrected chi connectivity index (χ3v) is 10.9. The fraction of sp³-hybridized carbons (Fsp3) is 0.568. The van der Waals surface area contributed by atoms with Gasteiger partial charge in [-0.25, -0.2) is 27.7 Å². The summed E-state index contributed by atoms with van der Waals surface area (Å²) in [6.45, 7) is 15.4. The van der Waals surface area contributed by atoms with Gasteiger partial charge in [0, 0.05) is 42.4 Å². The zero-order valence-electron chi connectivity index (χ0n) is 35.9. The number of likely N-dealkylation sites (tertiary alicyclic amines) is 2. The number of carbonyl (C=O) groups is 4. The number of nitrogens with one attached hydrogen (secondary N) is 3. The largest absolute Gasteiger partial charge is 0.444 e. The molecule has 60 heavy (non-hydrogen) atoms. The van der Waals surface area contributed by atoms with E-state index in [0.29, 0.717) is 22.6 Å². The van der Waals surface area contributed by atoms with E-state index in [-0.39, 0.29) is 51.2 Å². The topological polar surface area (TPSA) is 151 Å². The van der Waals surface area contributed by atoms with Crippen molar-refractivity contribution < 1.29 is 41.8 Å². The highest BCUT2D eigenvalue weighted by Crippen LogP contribution is 2.37. The Labute approximate surface area is 348 Å². The van der Waals surface area contributed by atoms with Gasteiger partial charge in [-0.2, -0.15) is 0 Å². The first kappa shape index (κ1) is 44.3. The molecule has 2 aliphatic heterocycles. The van der Waals surface area contributed by atoms with Crippen LogP contribution in [0.2, 0.25) is 0 Å². The Balaban J connectivity index is 1.37. The number of hydrogen-bond acceptors (Lipinski definition) is 7. The van der Waals surface area contributed by atoms with Crippen molar-refractivity contribution in [2.24, 2.45) is 5.92 Å². The molecule has 0 bridgehead atoms. The predicted octanol–water partition coefficient (Wildman–Crippen LogP) is 7.60. The number of amides is 4. The van der Waals surface area contributed by atoms with Crippen LogP contribution in [0.5, 0.6) is 0 Å². The van der Waals surface area contributed by atoms with Crippen LogP contribution >= 0.6 is 0 Å². The summed E-state index contributed by atoms with van der Waals surface area (Å²) in [7, 11) is 0. The molecule has 2 aromatic heterocycles. The lowest BCUT2D eigenvalue weighted by molar-refractivity contribution is -0.136. The Kier molecular flexibility index (Phi) is 12.8. The molecule has 16 heteroatoms. The van der Waals surface area contributed by atoms with E-state index in [1.165, 1.54) is 21.9 Å². The maximum Gasteiger partial charge on any atom is 0.408 e. The fourth-order valence-corrected chi connectivity index (χ4v) is 8.27. The highest BCUT2D eigenvalue weighted by atomic mass is 19.1. The summed E-state index contributed by atoms with van der Waals surface area (Å²) in [6, 6.07) is 8.52. The molecule has 4 aromatic rings. The first-order valence-corrected chi connectivity index (χ1v) is 20.8. The second-order valence-corrected chi connectivity index (χ2v) is 18.3. The van der Waals surface area contributed by atoms with Gasteiger partial charge >= 0.3 is 12.2 Å². The van der Waals surface area contributed by atoms with Crippen molar-refractivity contribution >= 4 is 45.9 Å². The minimum atomic E-state index is -1.34. The van der Waals surface area contributed by atoms with Crippen LogP contribution in [0.1, 0.15) is 87.1 Å². The standard InChI is InChI=1S/C44H58F3N7O6/c1-10-32(50-41(57)59-43(4,5)6)39(55)52-21-26(46)17-28(52)20-31-30-13-11-12-14-33(30)48-37(31)38-49-34-19-25(45)15-16-35(34)54(38)23-29-18-27(47)22-53(29)40(56)36(24(2)3)51-42(58)60-44(7,8)9/h11-16,19,24,26-29,32,36,48H,10,17-18,20-23H2,1-9H3,(H,50,57)(H,51,58)/t26-,27-,28-,29-,32-,36-/m0/s1. The zero-order chi connectivity index (χ0) is 43.8. The molecule has 6 atom stereocenters. The second-order valence-electron chi connectivity index (χ2n) is 18.3. The highest BCUT2D eigenvalue weighted by Gasteiger charge is 2.42. The Hall–Kier alpha value is -5.28. The summed E-state index contributed by atoms with van der Waals surface area (Å²) in [4.78, 5) is 65.1. The third kappa shape index (κ3) is 10.0. The van der Waals surface area contributed by atoms with Gasteiger partial charge in [0.05, 0.1) is 35.9 Å². The molecule has 13 nitrogen and oxygen atoms in total. The predicted molar refractivity (Wildman–Crippen MR) is 222 cm³/mol. The molecule has 4 amide bonds. The first-order chi connectivity index (χ1) is 28.1. The van der Waals surface area contributed by atoms with Crippen LogP contribution in [0.3, 0.4) is 0 Å². The molecule has 0 spiro atoms. The summed E-state index contributed by atoms with van der Waals surface area (Å²) < 4.78 is 58.3. The van der Waals surface area contributed by atoms with E-state index >= 15 is 8.78 Å². The third-order valence-electron chi connectivity index (χ3n) is 10.9. The molecular formula is C44H58F3N7O6. The molecule has 2 fully saturated rings. The summed E-state index contributed by atoms with van der Waals surface area (Å²) >= 11 is 0. The van der Waals surface area contributed by atoms with Crippen molar-refractivity contribution in [1.29, 1.82) is 0 Å². The number of halogens is 3. The van der Waals surface area contributed by atoms with E-state index < -0.39 is 77.5 Å². The van der Waals surface area contributed by atoms with E-state index in [1.807, 2.05) is 28.8 Å². The van der Waals surface area contributed by atoms with Gasteiger partial charge in [-0.3, -0.25) is 9.59 Å². The molecule has 2 saturated heterocycles. The van der Waals surface area contributed by atoms with Crippen molar-refractivity contribution in [2.45, 2.75) is 142 Å². The number of hydrogen-bond donors (Lipinski definition) is 3. The number of para-hydroxylation sites is 1. The average Bonchev–Trinajstić information content (AvgIpc) is 3.90. The normalized spacial score (nSPS) is 20.8. The van der Waals surface area contributed by atoms with Crippen molar-refractivity contribution in [2.75, 3.05) is 13.1 Å². The zero-order valence-corrected chi connectivity index (χ0v) is 35.9. The maximum absolute atomic E-state index is 15.5. The number of benzene rings is 2. The lowest BCUT2D eigenvalue weighted by atomic mass is 9.99. The maximum atomic E-state index is 15.5. The van der Waals surface area contributed by atoms with Gasteiger partial charge in [0.2, 0.25) is 11.8 Å². The Morgan fingerprint density at radius 2 is 1.47 bits per heavy atom. The van der Waals surface area contributed by atoms with Crippen LogP contribution < -0.4 is 10.6 Å². The molecule has 6 rings (SSSR count). The highest BCUT2D eigenvalue weighted by molar-refractivity contribution is 5.92. The van der Waals surface area contributed by atoms with Gasteiger partial charge in [-0.15, -0.1) is 0 Å². The Bertz CT molecular complexity index is 2230. The van der Waals surface area contributed by atoms with Gasteiger partial charge < -0.3 is 39.5 Å². The van der Waals surface area contributed by atoms with Crippen LogP contribution in [0.4, 0.5) is 22.8 Å². The number of carbonyl (C=O) groups excluding carboxylic acids is 4. The first-order valence-electron chi connectivity index (χ1n) is 20.8. The van der Waals surface area contributed by atoms with Gasteiger partial charge in [0.25, 0.3) is 0 Å². The van der Waals surface area contributed by atoms with E-state index in [0.717, 1.165) is 16.5 Å². The van der Waals surface area contributed by atoms with Gasteiger partial charge in [-0.1, -0.05) is 39.0 Å². The molecule has 0 radical (unpaired) electrons. The number of aromatic nitrogens is 3. The van der Waals surface area contributed by atoms with Crippen LogP contribution in [-0.2, 0) is 32.0 Å². The SMILES string of the molecule is CC[C@H](NC(=O)OC(C)(C)C)C(=O)N1C[C@@H](F)C[C@H]1Cc1c(-c2nc3cc(F)ccc3n2C[C@@H]2C[C@H](F)CN2C(=O)[C@@H](NC(=O)OC(C)(C)C)C(C)C)[nH]c2ccccc12. The van der Waals surface area contributed by atoms with Gasteiger partial charge in [-0.05, 0) is 84.1 Å². The molecule has 4 heterocycles. The van der Waals surface area contributed by atoms with Crippen molar-refractivity contribution in [3.8, 4) is 11.5 Å². The number of rotatable bonds is 11. The van der Waals surface area contributed by atoms with Crippen molar-refractivity contribution in [3.63, 3.8) is 0 Å². The quantitative estimate of drug-likeness (QED) is 0.141. The Morgan fingerprint density at radius 1 is 0.867 bits per heavy atom. The molecular weight excluding hydrogens is 780 g/mol. The number of nitrogens with zero attached hydrogens (tertiary/aromatic N) is 4. The van der Waals surface area contributed by atoms with Crippen LogP contribution in [0.25, 0.3) is 33.5 Å². The second kappa shape index (κ2) is 17.4. The van der Waals surface area contributed by atoms with Gasteiger partial charge in [0.1, 0.15) is 41.4 Å². The van der Waals surface area contributed by atoms with Crippen molar-refractivity contribution in [1.82, 2.24) is 35.0 Å². The summed E-state index contributed by atoms with van der Waals surface area (Å²) in [5, 5.41) is 6.16. The van der Waals surface area contributed by atoms with Crippen LogP contribution in [0, 0.1) is 11.7 Å². The van der Waals surface area contributed by atoms with Crippen molar-refractivity contribution in [3.05, 3.63) is 53.8 Å². The number of alkyl halides is 2. The molecule has 2 aliphatic rings. The van der Waals surface area contributed by atoms with Crippen LogP contribution in [0.15, 0.2) is 42.5 Å². The number of aromatic amines is 1. The molecule has 0 aliphatic carbocycles. The number of alkyl carbamates (subject to hydrolysis) is 2. The molecule has 2 aromatic carbocycles. The van der Waals surface area contributed by atoms with E-state index in [1.54, 1.807) is 68.4 Å². The summed E-state index contributed by atoms with van der Waals surface area (Å²) in [5.74, 6) is -1.36. The lowest BCUT2D eigenvalue weighted by Gasteiger charge is -2.32. The molecule has 3 N–H and O–H groups in total. The minimum Gasteiger partial charge on any atom is -0.444 e. The van der Waals surface area contributed by atoms with Gasteiger partial charge in [0.15, 0.2) is 5.82 Å². The monoisotopic (exact) mass is 837 g/mol. The number of fused-ring (bicyclic) bond motifs is 2. The van der Waals surface area contributed by atoms with E-state index in [2.05, 4.69) is 15.6 Å². The average molecular weight is 838 g/mol. The lowest BCUT2D eigenvalue weighted by Crippen LogP contribution is -2.53. The van der Waals surface area contributed by atoms with E-state index in [4.69, 9.17) is 14.5 Å². The molecule has 0 unspecified atom stereocenters. The summed E-state index contributed by atoms with van der Waals surface area (Å²) in [6.07, 6.45) is -3.63. The smallest absolute Gasteiger partial charge is 0.408 e.